The van der Waals surface area contributed by atoms with Gasteiger partial charge in [-0.25, -0.2) is 4.79 Å². The largest absolute Gasteiger partial charge is 0.492 e. The molecule has 0 aliphatic rings. The number of carboxylic acid groups (broad SMARTS) is 1. The molecule has 0 aromatic heterocycles. The van der Waals surface area contributed by atoms with Crippen molar-refractivity contribution in [2.75, 3.05) is 46.9 Å². The lowest BCUT2D eigenvalue weighted by Crippen LogP contribution is -2.34. The second-order valence-electron chi connectivity index (χ2n) is 4.92. The molecule has 0 spiro atoms. The molecule has 0 saturated carbocycles. The Hall–Kier alpha value is -1.59. The van der Waals surface area contributed by atoms with Crippen molar-refractivity contribution >= 4 is 5.97 Å². The molecule has 0 saturated heterocycles. The SMILES string of the molecule is CCN(CCOc1ccc(C(=O)O)cc1)CCN(C)C. The van der Waals surface area contributed by atoms with Crippen LogP contribution < -0.4 is 4.74 Å². The number of ether oxygens (including phenoxy) is 1. The van der Waals surface area contributed by atoms with E-state index in [9.17, 15) is 4.79 Å². The van der Waals surface area contributed by atoms with Gasteiger partial charge in [0.2, 0.25) is 0 Å². The lowest BCUT2D eigenvalue weighted by molar-refractivity contribution is 0.0697. The van der Waals surface area contributed by atoms with Crippen LogP contribution in [0.5, 0.6) is 5.75 Å². The van der Waals surface area contributed by atoms with Crippen LogP contribution in [0.4, 0.5) is 0 Å². The first-order valence-corrected chi connectivity index (χ1v) is 6.86. The first kappa shape index (κ1) is 16.5. The van der Waals surface area contributed by atoms with Crippen molar-refractivity contribution < 1.29 is 14.6 Å². The van der Waals surface area contributed by atoms with Gasteiger partial charge in [-0.1, -0.05) is 6.92 Å². The Morgan fingerprint density at radius 1 is 1.15 bits per heavy atom. The van der Waals surface area contributed by atoms with E-state index < -0.39 is 5.97 Å². The normalized spacial score (nSPS) is 11.1. The number of carboxylic acids is 1. The van der Waals surface area contributed by atoms with Gasteiger partial charge in [0.25, 0.3) is 0 Å². The molecule has 1 aromatic carbocycles. The highest BCUT2D eigenvalue weighted by molar-refractivity contribution is 5.87. The van der Waals surface area contributed by atoms with E-state index >= 15 is 0 Å². The Kier molecular flexibility index (Phi) is 7.04. The van der Waals surface area contributed by atoms with E-state index in [0.29, 0.717) is 12.4 Å². The summed E-state index contributed by atoms with van der Waals surface area (Å²) in [6, 6.07) is 6.50. The van der Waals surface area contributed by atoms with Crippen molar-refractivity contribution in [1.82, 2.24) is 9.80 Å². The zero-order chi connectivity index (χ0) is 15.0. The first-order chi connectivity index (χ1) is 9.52. The van der Waals surface area contributed by atoms with E-state index in [2.05, 4.69) is 30.8 Å². The Labute approximate surface area is 120 Å². The molecular formula is C15H24N2O3. The van der Waals surface area contributed by atoms with E-state index in [1.165, 1.54) is 0 Å². The van der Waals surface area contributed by atoms with Gasteiger partial charge in [-0.15, -0.1) is 0 Å². The molecule has 0 heterocycles. The van der Waals surface area contributed by atoms with Crippen molar-refractivity contribution in [3.05, 3.63) is 29.8 Å². The number of hydrogen-bond acceptors (Lipinski definition) is 4. The lowest BCUT2D eigenvalue weighted by atomic mass is 10.2. The topological polar surface area (TPSA) is 53.0 Å². The van der Waals surface area contributed by atoms with Gasteiger partial charge < -0.3 is 14.7 Å². The van der Waals surface area contributed by atoms with Gasteiger partial charge >= 0.3 is 5.97 Å². The molecule has 5 nitrogen and oxygen atoms in total. The van der Waals surface area contributed by atoms with E-state index in [-0.39, 0.29) is 5.56 Å². The minimum atomic E-state index is -0.919. The summed E-state index contributed by atoms with van der Waals surface area (Å²) in [5.74, 6) is -0.212. The maximum Gasteiger partial charge on any atom is 0.335 e. The molecule has 0 amide bonds. The van der Waals surface area contributed by atoms with Gasteiger partial charge in [0.15, 0.2) is 0 Å². The predicted molar refractivity (Wildman–Crippen MR) is 79.6 cm³/mol. The Morgan fingerprint density at radius 3 is 2.30 bits per heavy atom. The molecule has 112 valence electrons. The number of likely N-dealkylation sites (N-methyl/N-ethyl adjacent to an activating group) is 2. The number of carbonyl (C=O) groups is 1. The maximum atomic E-state index is 10.7. The molecule has 0 radical (unpaired) electrons. The molecule has 0 bridgehead atoms. The third-order valence-electron chi connectivity index (χ3n) is 3.09. The Balaban J connectivity index is 2.33. The van der Waals surface area contributed by atoms with Crippen LogP contribution in [0.2, 0.25) is 0 Å². The zero-order valence-corrected chi connectivity index (χ0v) is 12.5. The highest BCUT2D eigenvalue weighted by Crippen LogP contribution is 2.12. The molecule has 0 aliphatic heterocycles. The summed E-state index contributed by atoms with van der Waals surface area (Å²) in [6.45, 7) is 6.65. The molecule has 0 aliphatic carbocycles. The summed E-state index contributed by atoms with van der Waals surface area (Å²) in [4.78, 5) is 15.2. The van der Waals surface area contributed by atoms with Gasteiger partial charge in [-0.3, -0.25) is 4.90 Å². The number of rotatable bonds is 9. The average Bonchev–Trinajstić information content (AvgIpc) is 2.42. The average molecular weight is 280 g/mol. The summed E-state index contributed by atoms with van der Waals surface area (Å²) < 4.78 is 5.63. The third-order valence-corrected chi connectivity index (χ3v) is 3.09. The van der Waals surface area contributed by atoms with Gasteiger partial charge in [-0.05, 0) is 44.9 Å². The minimum Gasteiger partial charge on any atom is -0.492 e. The summed E-state index contributed by atoms with van der Waals surface area (Å²) in [6.07, 6.45) is 0. The van der Waals surface area contributed by atoms with Gasteiger partial charge in [-0.2, -0.15) is 0 Å². The second kappa shape index (κ2) is 8.55. The van der Waals surface area contributed by atoms with E-state index in [1.54, 1.807) is 24.3 Å². The van der Waals surface area contributed by atoms with Crippen LogP contribution in [-0.2, 0) is 0 Å². The number of nitrogens with zero attached hydrogens (tertiary/aromatic N) is 2. The summed E-state index contributed by atoms with van der Waals surface area (Å²) >= 11 is 0. The fourth-order valence-corrected chi connectivity index (χ4v) is 1.76. The van der Waals surface area contributed by atoms with Crippen molar-refractivity contribution in [2.24, 2.45) is 0 Å². The van der Waals surface area contributed by atoms with Crippen LogP contribution >= 0.6 is 0 Å². The van der Waals surface area contributed by atoms with E-state index in [0.717, 1.165) is 26.2 Å². The van der Waals surface area contributed by atoms with Crippen LogP contribution in [0.1, 0.15) is 17.3 Å². The predicted octanol–water partition coefficient (Wildman–Crippen LogP) is 1.65. The number of hydrogen-bond donors (Lipinski definition) is 1. The molecular weight excluding hydrogens is 256 g/mol. The highest BCUT2D eigenvalue weighted by Gasteiger charge is 2.05. The highest BCUT2D eigenvalue weighted by atomic mass is 16.5. The Bertz CT molecular complexity index is 404. The van der Waals surface area contributed by atoms with E-state index in [1.807, 2.05) is 0 Å². The van der Waals surface area contributed by atoms with Crippen LogP contribution in [0.25, 0.3) is 0 Å². The Morgan fingerprint density at radius 2 is 1.80 bits per heavy atom. The number of benzene rings is 1. The molecule has 0 unspecified atom stereocenters. The lowest BCUT2D eigenvalue weighted by Gasteiger charge is -2.22. The summed E-state index contributed by atoms with van der Waals surface area (Å²) in [5.41, 5.74) is 0.276. The van der Waals surface area contributed by atoms with Crippen molar-refractivity contribution in [2.45, 2.75) is 6.92 Å². The maximum absolute atomic E-state index is 10.7. The van der Waals surface area contributed by atoms with Crippen molar-refractivity contribution in [1.29, 1.82) is 0 Å². The number of aromatic carboxylic acids is 1. The van der Waals surface area contributed by atoms with Crippen LogP contribution in [0, 0.1) is 0 Å². The van der Waals surface area contributed by atoms with Crippen molar-refractivity contribution in [3.63, 3.8) is 0 Å². The van der Waals surface area contributed by atoms with Gasteiger partial charge in [0, 0.05) is 19.6 Å². The third kappa shape index (κ3) is 6.04. The summed E-state index contributed by atoms with van der Waals surface area (Å²) in [7, 11) is 4.13. The minimum absolute atomic E-state index is 0.276. The monoisotopic (exact) mass is 280 g/mol. The quantitative estimate of drug-likeness (QED) is 0.745. The van der Waals surface area contributed by atoms with Crippen LogP contribution in [0.3, 0.4) is 0 Å². The van der Waals surface area contributed by atoms with Crippen molar-refractivity contribution in [3.8, 4) is 5.75 Å². The van der Waals surface area contributed by atoms with Crippen LogP contribution in [-0.4, -0.2) is 67.8 Å². The fraction of sp³-hybridized carbons (Fsp3) is 0.533. The molecule has 0 atom stereocenters. The molecule has 1 rings (SSSR count). The smallest absolute Gasteiger partial charge is 0.335 e. The zero-order valence-electron chi connectivity index (χ0n) is 12.5. The molecule has 1 aromatic rings. The molecule has 0 fully saturated rings. The molecule has 5 heteroatoms. The molecule has 1 N–H and O–H groups in total. The molecule has 20 heavy (non-hydrogen) atoms. The second-order valence-corrected chi connectivity index (χ2v) is 4.92. The standard InChI is InChI=1S/C15H24N2O3/c1-4-17(10-9-16(2)3)11-12-20-14-7-5-13(6-8-14)15(18)19/h5-8H,4,9-12H2,1-3H3,(H,18,19). The summed E-state index contributed by atoms with van der Waals surface area (Å²) in [5, 5.41) is 8.81. The van der Waals surface area contributed by atoms with Gasteiger partial charge in [0.05, 0.1) is 5.56 Å². The fourth-order valence-electron chi connectivity index (χ4n) is 1.76. The van der Waals surface area contributed by atoms with E-state index in [4.69, 9.17) is 9.84 Å². The first-order valence-electron chi connectivity index (χ1n) is 6.86. The van der Waals surface area contributed by atoms with Crippen LogP contribution in [0.15, 0.2) is 24.3 Å². The van der Waals surface area contributed by atoms with Gasteiger partial charge in [0.1, 0.15) is 12.4 Å².